The average molecular weight is 299 g/mol. The van der Waals surface area contributed by atoms with Gasteiger partial charge >= 0.3 is 0 Å². The molecule has 0 unspecified atom stereocenters. The van der Waals surface area contributed by atoms with Crippen LogP contribution >= 0.6 is 11.3 Å². The van der Waals surface area contributed by atoms with Crippen LogP contribution < -0.4 is 10.5 Å². The molecular weight excluding hydrogens is 282 g/mol. The molecule has 21 heavy (non-hydrogen) atoms. The first-order valence-electron chi connectivity index (χ1n) is 6.79. The SMILES string of the molecule is CC(C)Oc1cccc2[nH]cc(/C=C/c3csc(N)n3)c12. The number of hydrogen-bond acceptors (Lipinski definition) is 4. The van der Waals surface area contributed by atoms with E-state index in [-0.39, 0.29) is 6.10 Å². The molecule has 0 aliphatic rings. The molecule has 1 aromatic carbocycles. The van der Waals surface area contributed by atoms with Gasteiger partial charge in [0.25, 0.3) is 0 Å². The minimum absolute atomic E-state index is 0.140. The lowest BCUT2D eigenvalue weighted by molar-refractivity contribution is 0.245. The minimum atomic E-state index is 0.140. The van der Waals surface area contributed by atoms with Crippen LogP contribution in [0.3, 0.4) is 0 Å². The Bertz CT molecular complexity index is 786. The molecular formula is C16H17N3OS. The highest BCUT2D eigenvalue weighted by molar-refractivity contribution is 7.13. The van der Waals surface area contributed by atoms with Crippen LogP contribution in [0.4, 0.5) is 5.13 Å². The van der Waals surface area contributed by atoms with E-state index >= 15 is 0 Å². The molecule has 2 aromatic heterocycles. The van der Waals surface area contributed by atoms with Gasteiger partial charge in [-0.05, 0) is 32.1 Å². The lowest BCUT2D eigenvalue weighted by Gasteiger charge is -2.11. The summed E-state index contributed by atoms with van der Waals surface area (Å²) in [6.07, 6.45) is 6.10. The number of aromatic amines is 1. The molecule has 3 rings (SSSR count). The first-order chi connectivity index (χ1) is 10.1. The Morgan fingerprint density at radius 1 is 1.33 bits per heavy atom. The van der Waals surface area contributed by atoms with E-state index in [1.54, 1.807) is 0 Å². The number of nitrogens with zero attached hydrogens (tertiary/aromatic N) is 1. The number of aromatic nitrogens is 2. The van der Waals surface area contributed by atoms with Crippen molar-refractivity contribution in [2.45, 2.75) is 20.0 Å². The molecule has 4 nitrogen and oxygen atoms in total. The predicted molar refractivity (Wildman–Crippen MR) is 89.5 cm³/mol. The smallest absolute Gasteiger partial charge is 0.180 e. The standard InChI is InChI=1S/C16H17N3OS/c1-10(2)20-14-5-3-4-13-15(14)11(8-18-13)6-7-12-9-21-16(17)19-12/h3-10,18H,1-2H3,(H2,17,19)/b7-6+. The van der Waals surface area contributed by atoms with Crippen molar-refractivity contribution in [3.8, 4) is 5.75 Å². The zero-order valence-electron chi connectivity index (χ0n) is 12.0. The van der Waals surface area contributed by atoms with Crippen molar-refractivity contribution in [1.29, 1.82) is 0 Å². The van der Waals surface area contributed by atoms with Gasteiger partial charge in [-0.1, -0.05) is 12.1 Å². The lowest BCUT2D eigenvalue weighted by Crippen LogP contribution is -2.05. The number of hydrogen-bond donors (Lipinski definition) is 2. The van der Waals surface area contributed by atoms with Gasteiger partial charge in [0.05, 0.1) is 11.8 Å². The van der Waals surface area contributed by atoms with Crippen LogP contribution in [0.25, 0.3) is 23.1 Å². The molecule has 0 saturated heterocycles. The molecule has 0 atom stereocenters. The van der Waals surface area contributed by atoms with Crippen molar-refractivity contribution in [2.75, 3.05) is 5.73 Å². The van der Waals surface area contributed by atoms with Crippen molar-refractivity contribution in [2.24, 2.45) is 0 Å². The van der Waals surface area contributed by atoms with E-state index in [1.807, 2.05) is 55.8 Å². The number of H-pyrrole nitrogens is 1. The van der Waals surface area contributed by atoms with E-state index in [2.05, 4.69) is 9.97 Å². The number of ether oxygens (including phenoxy) is 1. The number of rotatable bonds is 4. The van der Waals surface area contributed by atoms with E-state index in [0.29, 0.717) is 5.13 Å². The second-order valence-electron chi connectivity index (χ2n) is 5.03. The van der Waals surface area contributed by atoms with E-state index in [1.165, 1.54) is 11.3 Å². The predicted octanol–water partition coefficient (Wildman–Crippen LogP) is 4.16. The van der Waals surface area contributed by atoms with Gasteiger partial charge in [0.1, 0.15) is 5.75 Å². The maximum absolute atomic E-state index is 5.90. The fourth-order valence-electron chi connectivity index (χ4n) is 2.21. The molecule has 108 valence electrons. The third-order valence-corrected chi connectivity index (χ3v) is 3.73. The molecule has 3 aromatic rings. The molecule has 0 amide bonds. The Labute approximate surface area is 127 Å². The highest BCUT2D eigenvalue weighted by Crippen LogP contribution is 2.30. The molecule has 3 N–H and O–H groups in total. The van der Waals surface area contributed by atoms with Crippen LogP contribution in [-0.2, 0) is 0 Å². The summed E-state index contributed by atoms with van der Waals surface area (Å²) >= 11 is 1.44. The number of thiazole rings is 1. The normalized spacial score (nSPS) is 11.8. The number of nitrogen functional groups attached to an aromatic ring is 1. The Hall–Kier alpha value is -2.27. The first kappa shape index (κ1) is 13.7. The van der Waals surface area contributed by atoms with Crippen LogP contribution in [-0.4, -0.2) is 16.1 Å². The quantitative estimate of drug-likeness (QED) is 0.760. The van der Waals surface area contributed by atoms with Crippen LogP contribution in [0, 0.1) is 0 Å². The average Bonchev–Trinajstić information content (AvgIpc) is 3.03. The van der Waals surface area contributed by atoms with Crippen molar-refractivity contribution in [1.82, 2.24) is 9.97 Å². The van der Waals surface area contributed by atoms with Crippen LogP contribution in [0.1, 0.15) is 25.1 Å². The van der Waals surface area contributed by atoms with Crippen LogP contribution in [0.5, 0.6) is 5.75 Å². The largest absolute Gasteiger partial charge is 0.490 e. The summed E-state index contributed by atoms with van der Waals surface area (Å²) in [5.74, 6) is 0.890. The summed E-state index contributed by atoms with van der Waals surface area (Å²) in [6, 6.07) is 6.03. The monoisotopic (exact) mass is 299 g/mol. The summed E-state index contributed by atoms with van der Waals surface area (Å²) in [5, 5.41) is 3.61. The van der Waals surface area contributed by atoms with Gasteiger partial charge in [-0.15, -0.1) is 11.3 Å². The highest BCUT2D eigenvalue weighted by atomic mass is 32.1. The molecule has 0 fully saturated rings. The fraction of sp³-hybridized carbons (Fsp3) is 0.188. The van der Waals surface area contributed by atoms with Crippen molar-refractivity contribution >= 4 is 39.5 Å². The lowest BCUT2D eigenvalue weighted by atomic mass is 10.1. The Morgan fingerprint density at radius 2 is 2.19 bits per heavy atom. The highest BCUT2D eigenvalue weighted by Gasteiger charge is 2.09. The molecule has 2 heterocycles. The molecule has 0 aliphatic heterocycles. The van der Waals surface area contributed by atoms with E-state index < -0.39 is 0 Å². The summed E-state index contributed by atoms with van der Waals surface area (Å²) in [7, 11) is 0. The molecule has 0 radical (unpaired) electrons. The number of fused-ring (bicyclic) bond motifs is 1. The molecule has 0 saturated carbocycles. The Balaban J connectivity index is 2.00. The van der Waals surface area contributed by atoms with Crippen LogP contribution in [0.15, 0.2) is 29.8 Å². The summed E-state index contributed by atoms with van der Waals surface area (Å²) < 4.78 is 5.90. The van der Waals surface area contributed by atoms with E-state index in [9.17, 15) is 0 Å². The van der Waals surface area contributed by atoms with Crippen LogP contribution in [0.2, 0.25) is 0 Å². The van der Waals surface area contributed by atoms with E-state index in [4.69, 9.17) is 10.5 Å². The second kappa shape index (κ2) is 5.61. The van der Waals surface area contributed by atoms with Gasteiger partial charge in [-0.25, -0.2) is 4.98 Å². The molecule has 0 aliphatic carbocycles. The number of benzene rings is 1. The number of nitrogens with two attached hydrogens (primary N) is 1. The zero-order valence-corrected chi connectivity index (χ0v) is 12.8. The molecule has 5 heteroatoms. The molecule has 0 bridgehead atoms. The van der Waals surface area contributed by atoms with Gasteiger partial charge < -0.3 is 15.5 Å². The Morgan fingerprint density at radius 3 is 2.90 bits per heavy atom. The maximum atomic E-state index is 5.90. The Kier molecular flexibility index (Phi) is 3.66. The van der Waals surface area contributed by atoms with Gasteiger partial charge in [-0.2, -0.15) is 0 Å². The minimum Gasteiger partial charge on any atom is -0.490 e. The third kappa shape index (κ3) is 2.92. The summed E-state index contributed by atoms with van der Waals surface area (Å²) in [5.41, 5.74) is 8.65. The summed E-state index contributed by atoms with van der Waals surface area (Å²) in [4.78, 5) is 7.50. The maximum Gasteiger partial charge on any atom is 0.180 e. The number of nitrogens with one attached hydrogen (secondary N) is 1. The number of anilines is 1. The third-order valence-electron chi connectivity index (χ3n) is 3.03. The van der Waals surface area contributed by atoms with Gasteiger partial charge in [0, 0.05) is 28.0 Å². The first-order valence-corrected chi connectivity index (χ1v) is 7.67. The second-order valence-corrected chi connectivity index (χ2v) is 5.92. The van der Waals surface area contributed by atoms with Crippen molar-refractivity contribution < 1.29 is 4.74 Å². The van der Waals surface area contributed by atoms with Gasteiger partial charge in [0.15, 0.2) is 5.13 Å². The summed E-state index contributed by atoms with van der Waals surface area (Å²) in [6.45, 7) is 4.05. The van der Waals surface area contributed by atoms with E-state index in [0.717, 1.165) is 27.9 Å². The van der Waals surface area contributed by atoms with Gasteiger partial charge in [0.2, 0.25) is 0 Å². The molecule has 0 spiro atoms. The van der Waals surface area contributed by atoms with Gasteiger partial charge in [-0.3, -0.25) is 0 Å². The van der Waals surface area contributed by atoms with Crippen molar-refractivity contribution in [3.63, 3.8) is 0 Å². The topological polar surface area (TPSA) is 63.9 Å². The fourth-order valence-corrected chi connectivity index (χ4v) is 2.74. The zero-order chi connectivity index (χ0) is 14.8. The van der Waals surface area contributed by atoms with Crippen molar-refractivity contribution in [3.05, 3.63) is 41.0 Å².